The van der Waals surface area contributed by atoms with E-state index in [2.05, 4.69) is 31.2 Å². The summed E-state index contributed by atoms with van der Waals surface area (Å²) in [5.74, 6) is 1.90. The molecule has 0 atom stereocenters. The van der Waals surface area contributed by atoms with Gasteiger partial charge in [0.1, 0.15) is 6.61 Å². The summed E-state index contributed by atoms with van der Waals surface area (Å²) in [6, 6.07) is 14.1. The van der Waals surface area contributed by atoms with Gasteiger partial charge in [0.2, 0.25) is 0 Å². The minimum Gasteiger partial charge on any atom is -0.490 e. The number of para-hydroxylation sites is 1. The van der Waals surface area contributed by atoms with Crippen molar-refractivity contribution in [3.63, 3.8) is 0 Å². The third-order valence-electron chi connectivity index (χ3n) is 3.01. The Balaban J connectivity index is 2.16. The van der Waals surface area contributed by atoms with Gasteiger partial charge in [-0.1, -0.05) is 42.0 Å². The smallest absolute Gasteiger partial charge is 0.166 e. The molecule has 2 rings (SSSR count). The molecular formula is C17H19ClO2. The highest BCUT2D eigenvalue weighted by Crippen LogP contribution is 2.33. The second-order valence-corrected chi connectivity index (χ2v) is 4.85. The molecule has 0 aliphatic rings. The van der Waals surface area contributed by atoms with Gasteiger partial charge in [-0.3, -0.25) is 0 Å². The summed E-state index contributed by atoms with van der Waals surface area (Å²) >= 11 is 5.97. The Morgan fingerprint density at radius 1 is 1.00 bits per heavy atom. The van der Waals surface area contributed by atoms with Gasteiger partial charge in [0.05, 0.1) is 12.5 Å². The summed E-state index contributed by atoms with van der Waals surface area (Å²) in [5, 5.41) is 0. The third-order valence-corrected chi connectivity index (χ3v) is 3.30. The molecule has 0 heterocycles. The van der Waals surface area contributed by atoms with Crippen molar-refractivity contribution in [2.24, 2.45) is 0 Å². The zero-order valence-corrected chi connectivity index (χ0v) is 12.6. The maximum atomic E-state index is 5.97. The number of aryl methyl sites for hydroxylation is 1. The summed E-state index contributed by atoms with van der Waals surface area (Å²) in [5.41, 5.74) is 3.32. The van der Waals surface area contributed by atoms with Gasteiger partial charge in [0.25, 0.3) is 0 Å². The third kappa shape index (κ3) is 3.67. The van der Waals surface area contributed by atoms with E-state index in [0.717, 1.165) is 22.6 Å². The molecule has 0 unspecified atom stereocenters. The van der Waals surface area contributed by atoms with Crippen LogP contribution in [0.3, 0.4) is 0 Å². The number of rotatable bonds is 6. The van der Waals surface area contributed by atoms with E-state index in [1.165, 1.54) is 5.56 Å². The predicted molar refractivity (Wildman–Crippen MR) is 82.7 cm³/mol. The second kappa shape index (κ2) is 7.20. The first-order valence-electron chi connectivity index (χ1n) is 6.73. The number of hydrogen-bond acceptors (Lipinski definition) is 2. The van der Waals surface area contributed by atoms with Crippen LogP contribution in [0, 0.1) is 6.92 Å². The first-order valence-corrected chi connectivity index (χ1v) is 7.27. The predicted octanol–water partition coefficient (Wildman–Crippen LogP) is 4.71. The molecule has 0 radical (unpaired) electrons. The topological polar surface area (TPSA) is 18.5 Å². The van der Waals surface area contributed by atoms with Crippen molar-refractivity contribution < 1.29 is 9.47 Å². The molecule has 0 aliphatic heterocycles. The van der Waals surface area contributed by atoms with Crippen LogP contribution in [0.25, 0.3) is 0 Å². The summed E-state index contributed by atoms with van der Waals surface area (Å²) < 4.78 is 11.5. The molecule has 0 aliphatic carbocycles. The Morgan fingerprint density at radius 3 is 2.40 bits per heavy atom. The molecule has 2 aromatic rings. The van der Waals surface area contributed by atoms with Crippen molar-refractivity contribution in [1.82, 2.24) is 0 Å². The van der Waals surface area contributed by atoms with Crippen LogP contribution in [-0.4, -0.2) is 6.61 Å². The van der Waals surface area contributed by atoms with Gasteiger partial charge in [-0.25, -0.2) is 0 Å². The van der Waals surface area contributed by atoms with Gasteiger partial charge in [-0.2, -0.15) is 0 Å². The Morgan fingerprint density at radius 2 is 1.75 bits per heavy atom. The molecular weight excluding hydrogens is 272 g/mol. The fourth-order valence-electron chi connectivity index (χ4n) is 1.94. The highest BCUT2D eigenvalue weighted by Gasteiger charge is 2.10. The number of ether oxygens (including phenoxy) is 2. The Bertz CT molecular complexity index is 549. The summed E-state index contributed by atoms with van der Waals surface area (Å²) in [6.45, 7) is 5.14. The first kappa shape index (κ1) is 14.7. The van der Waals surface area contributed by atoms with Gasteiger partial charge >= 0.3 is 0 Å². The molecule has 0 saturated heterocycles. The molecule has 2 nitrogen and oxygen atoms in total. The Labute approximate surface area is 125 Å². The highest BCUT2D eigenvalue weighted by atomic mass is 35.5. The average molecular weight is 291 g/mol. The van der Waals surface area contributed by atoms with E-state index in [-0.39, 0.29) is 0 Å². The van der Waals surface area contributed by atoms with Crippen molar-refractivity contribution in [3.05, 3.63) is 59.2 Å². The molecule has 0 N–H and O–H groups in total. The van der Waals surface area contributed by atoms with E-state index >= 15 is 0 Å². The SMILES string of the molecule is CCOc1cccc(CCl)c1OCc1ccc(C)cc1. The van der Waals surface area contributed by atoms with E-state index in [1.54, 1.807) is 0 Å². The van der Waals surface area contributed by atoms with Gasteiger partial charge in [0, 0.05) is 5.56 Å². The molecule has 0 fully saturated rings. The lowest BCUT2D eigenvalue weighted by Gasteiger charge is -2.15. The quantitative estimate of drug-likeness (QED) is 0.717. The molecule has 0 aromatic heterocycles. The van der Waals surface area contributed by atoms with Crippen LogP contribution in [-0.2, 0) is 12.5 Å². The van der Waals surface area contributed by atoms with Crippen LogP contribution in [0.15, 0.2) is 42.5 Å². The normalized spacial score (nSPS) is 10.3. The van der Waals surface area contributed by atoms with E-state index < -0.39 is 0 Å². The van der Waals surface area contributed by atoms with Gasteiger partial charge in [0.15, 0.2) is 11.5 Å². The van der Waals surface area contributed by atoms with E-state index in [9.17, 15) is 0 Å². The van der Waals surface area contributed by atoms with Crippen molar-refractivity contribution in [2.75, 3.05) is 6.61 Å². The number of alkyl halides is 1. The Hall–Kier alpha value is -1.67. The maximum Gasteiger partial charge on any atom is 0.166 e. The minimum atomic E-state index is 0.407. The monoisotopic (exact) mass is 290 g/mol. The van der Waals surface area contributed by atoms with Gasteiger partial charge in [-0.15, -0.1) is 11.6 Å². The van der Waals surface area contributed by atoms with Crippen LogP contribution in [0.5, 0.6) is 11.5 Å². The van der Waals surface area contributed by atoms with Crippen LogP contribution >= 0.6 is 11.6 Å². The van der Waals surface area contributed by atoms with Crippen LogP contribution in [0.4, 0.5) is 0 Å². The first-order chi connectivity index (χ1) is 9.74. The number of halogens is 1. The maximum absolute atomic E-state index is 5.97. The lowest BCUT2D eigenvalue weighted by atomic mass is 10.1. The molecule has 2 aromatic carbocycles. The number of benzene rings is 2. The zero-order valence-electron chi connectivity index (χ0n) is 11.9. The summed E-state index contributed by atoms with van der Waals surface area (Å²) in [6.07, 6.45) is 0. The average Bonchev–Trinajstić information content (AvgIpc) is 2.47. The molecule has 20 heavy (non-hydrogen) atoms. The molecule has 0 amide bonds. The molecule has 106 valence electrons. The van der Waals surface area contributed by atoms with Gasteiger partial charge in [-0.05, 0) is 25.5 Å². The summed E-state index contributed by atoms with van der Waals surface area (Å²) in [4.78, 5) is 0. The van der Waals surface area contributed by atoms with Crippen LogP contribution < -0.4 is 9.47 Å². The van der Waals surface area contributed by atoms with Gasteiger partial charge < -0.3 is 9.47 Å². The van der Waals surface area contributed by atoms with E-state index in [0.29, 0.717) is 19.1 Å². The molecule has 0 saturated carbocycles. The zero-order chi connectivity index (χ0) is 14.4. The molecule has 0 spiro atoms. The lowest BCUT2D eigenvalue weighted by molar-refractivity contribution is 0.267. The largest absolute Gasteiger partial charge is 0.490 e. The Kier molecular flexibility index (Phi) is 5.31. The number of hydrogen-bond donors (Lipinski definition) is 0. The highest BCUT2D eigenvalue weighted by molar-refractivity contribution is 6.17. The van der Waals surface area contributed by atoms with Crippen molar-refractivity contribution in [2.45, 2.75) is 26.3 Å². The molecule has 0 bridgehead atoms. The van der Waals surface area contributed by atoms with Crippen molar-refractivity contribution in [1.29, 1.82) is 0 Å². The lowest BCUT2D eigenvalue weighted by Crippen LogP contribution is -2.02. The second-order valence-electron chi connectivity index (χ2n) is 4.59. The standard InChI is InChI=1S/C17H19ClO2/c1-3-19-16-6-4-5-15(11-18)17(16)20-12-14-9-7-13(2)8-10-14/h4-10H,3,11-12H2,1-2H3. The van der Waals surface area contributed by atoms with E-state index in [1.807, 2.05) is 25.1 Å². The fourth-order valence-corrected chi connectivity index (χ4v) is 2.15. The van der Waals surface area contributed by atoms with Crippen molar-refractivity contribution >= 4 is 11.6 Å². The van der Waals surface area contributed by atoms with E-state index in [4.69, 9.17) is 21.1 Å². The molecule has 3 heteroatoms. The minimum absolute atomic E-state index is 0.407. The summed E-state index contributed by atoms with van der Waals surface area (Å²) in [7, 11) is 0. The van der Waals surface area contributed by atoms with Crippen LogP contribution in [0.1, 0.15) is 23.6 Å². The van der Waals surface area contributed by atoms with Crippen molar-refractivity contribution in [3.8, 4) is 11.5 Å². The van der Waals surface area contributed by atoms with Crippen LogP contribution in [0.2, 0.25) is 0 Å². The fraction of sp³-hybridized carbons (Fsp3) is 0.294.